The van der Waals surface area contributed by atoms with Gasteiger partial charge in [0.05, 0.1) is 10.6 Å². The Morgan fingerprint density at radius 3 is 2.75 bits per heavy atom. The van der Waals surface area contributed by atoms with E-state index in [-0.39, 0.29) is 18.2 Å². The van der Waals surface area contributed by atoms with Crippen molar-refractivity contribution in [2.45, 2.75) is 20.3 Å². The number of methoxy groups -OCH3 is 1. The summed E-state index contributed by atoms with van der Waals surface area (Å²) in [5, 5.41) is 3.98. The number of thiazole rings is 1. The highest BCUT2D eigenvalue weighted by Crippen LogP contribution is 2.22. The van der Waals surface area contributed by atoms with E-state index in [2.05, 4.69) is 10.3 Å². The third-order valence-corrected chi connectivity index (χ3v) is 3.13. The van der Waals surface area contributed by atoms with E-state index >= 15 is 0 Å². The molecule has 0 atom stereocenters. The zero-order valence-corrected chi connectivity index (χ0v) is 11.3. The van der Waals surface area contributed by atoms with Crippen molar-refractivity contribution < 1.29 is 9.53 Å². The molecule has 1 rings (SSSR count). The van der Waals surface area contributed by atoms with Gasteiger partial charge >= 0.3 is 0 Å². The number of carbonyl (C=O) groups is 1. The molecule has 0 radical (unpaired) electrons. The number of aryl methyl sites for hydroxylation is 1. The van der Waals surface area contributed by atoms with Crippen LogP contribution in [0.1, 0.15) is 28.7 Å². The Morgan fingerprint density at radius 1 is 1.56 bits per heavy atom. The molecule has 1 N–H and O–H groups in total. The Hall–Kier alpha value is -0.650. The Balaban J connectivity index is 0.00000225. The van der Waals surface area contributed by atoms with Gasteiger partial charge < -0.3 is 10.1 Å². The lowest BCUT2D eigenvalue weighted by atomic mass is 10.3. The first kappa shape index (κ1) is 15.3. The van der Waals surface area contributed by atoms with Gasteiger partial charge in [0.1, 0.15) is 0 Å². The van der Waals surface area contributed by atoms with Crippen LogP contribution >= 0.6 is 23.7 Å². The molecular weight excluding hydrogens is 248 g/mol. The van der Waals surface area contributed by atoms with Crippen LogP contribution in [-0.4, -0.2) is 31.0 Å². The van der Waals surface area contributed by atoms with Gasteiger partial charge in [-0.1, -0.05) is 11.3 Å². The number of ketones is 1. The van der Waals surface area contributed by atoms with E-state index in [0.717, 1.165) is 35.3 Å². The Morgan fingerprint density at radius 2 is 2.25 bits per heavy atom. The Bertz CT molecular complexity index is 342. The number of hydrogen-bond acceptors (Lipinski definition) is 5. The van der Waals surface area contributed by atoms with Gasteiger partial charge in [0.2, 0.25) is 0 Å². The topological polar surface area (TPSA) is 51.2 Å². The molecule has 0 amide bonds. The van der Waals surface area contributed by atoms with Crippen LogP contribution in [0.15, 0.2) is 0 Å². The van der Waals surface area contributed by atoms with Crippen LogP contribution in [0.2, 0.25) is 0 Å². The van der Waals surface area contributed by atoms with E-state index in [1.165, 1.54) is 11.3 Å². The number of aromatic nitrogens is 1. The summed E-state index contributed by atoms with van der Waals surface area (Å²) in [5.74, 6) is 0.0786. The zero-order valence-electron chi connectivity index (χ0n) is 9.70. The largest absolute Gasteiger partial charge is 0.385 e. The number of Topliss-reactive ketones (excluding diaryl/α,β-unsaturated/α-hetero) is 1. The summed E-state index contributed by atoms with van der Waals surface area (Å²) in [6, 6.07) is 0. The lowest BCUT2D eigenvalue weighted by molar-refractivity contribution is 0.102. The lowest BCUT2D eigenvalue weighted by Gasteiger charge is -2.00. The van der Waals surface area contributed by atoms with Crippen molar-refractivity contribution in [1.82, 2.24) is 4.98 Å². The Labute approximate surface area is 106 Å². The third kappa shape index (κ3) is 4.47. The first-order valence-corrected chi connectivity index (χ1v) is 5.68. The van der Waals surface area contributed by atoms with E-state index in [4.69, 9.17) is 4.74 Å². The molecule has 0 bridgehead atoms. The smallest absolute Gasteiger partial charge is 0.183 e. The molecule has 1 heterocycles. The third-order valence-electron chi connectivity index (χ3n) is 1.92. The predicted octanol–water partition coefficient (Wildman–Crippen LogP) is 2.52. The van der Waals surface area contributed by atoms with Crippen LogP contribution in [0.5, 0.6) is 0 Å². The minimum absolute atomic E-state index is 0. The molecule has 1 aromatic heterocycles. The summed E-state index contributed by atoms with van der Waals surface area (Å²) in [5.41, 5.74) is 0.807. The summed E-state index contributed by atoms with van der Waals surface area (Å²) >= 11 is 1.41. The maximum absolute atomic E-state index is 11.2. The number of hydrogen-bond donors (Lipinski definition) is 1. The molecule has 16 heavy (non-hydrogen) atoms. The van der Waals surface area contributed by atoms with E-state index < -0.39 is 0 Å². The number of nitrogens with zero attached hydrogens (tertiary/aromatic N) is 1. The quantitative estimate of drug-likeness (QED) is 0.634. The normalized spacial score (nSPS) is 9.69. The van der Waals surface area contributed by atoms with Gasteiger partial charge in [-0.05, 0) is 13.3 Å². The SMILES string of the molecule is COCCCNc1nc(C)c(C(C)=O)s1.Cl. The van der Waals surface area contributed by atoms with E-state index in [1.807, 2.05) is 6.92 Å². The second-order valence-corrected chi connectivity index (χ2v) is 4.26. The van der Waals surface area contributed by atoms with Crippen LogP contribution in [-0.2, 0) is 4.74 Å². The van der Waals surface area contributed by atoms with Crippen LogP contribution < -0.4 is 5.32 Å². The first-order valence-electron chi connectivity index (χ1n) is 4.86. The highest BCUT2D eigenvalue weighted by Gasteiger charge is 2.10. The zero-order chi connectivity index (χ0) is 11.3. The van der Waals surface area contributed by atoms with Gasteiger partial charge in [-0.25, -0.2) is 4.98 Å². The number of carbonyl (C=O) groups excluding carboxylic acids is 1. The summed E-state index contributed by atoms with van der Waals surface area (Å²) in [4.78, 5) is 16.2. The monoisotopic (exact) mass is 264 g/mol. The number of anilines is 1. The van der Waals surface area contributed by atoms with Crippen molar-refractivity contribution in [2.24, 2.45) is 0 Å². The number of ether oxygens (including phenoxy) is 1. The number of rotatable bonds is 6. The number of nitrogens with one attached hydrogen (secondary N) is 1. The van der Waals surface area contributed by atoms with Crippen LogP contribution in [0.4, 0.5) is 5.13 Å². The molecule has 0 aliphatic heterocycles. The lowest BCUT2D eigenvalue weighted by Crippen LogP contribution is -2.04. The standard InChI is InChI=1S/C10H16N2O2S.ClH/c1-7-9(8(2)13)15-10(12-7)11-5-4-6-14-3;/h4-6H2,1-3H3,(H,11,12);1H. The van der Waals surface area contributed by atoms with E-state index in [1.54, 1.807) is 14.0 Å². The molecule has 92 valence electrons. The van der Waals surface area contributed by atoms with Gasteiger partial charge in [0.25, 0.3) is 0 Å². The molecule has 6 heteroatoms. The first-order chi connectivity index (χ1) is 7.15. The summed E-state index contributed by atoms with van der Waals surface area (Å²) in [7, 11) is 1.68. The minimum atomic E-state index is 0. The van der Waals surface area contributed by atoms with Gasteiger partial charge in [-0.2, -0.15) is 0 Å². The molecule has 0 aliphatic carbocycles. The van der Waals surface area contributed by atoms with E-state index in [9.17, 15) is 4.79 Å². The summed E-state index contributed by atoms with van der Waals surface area (Å²) in [6.45, 7) is 4.97. The molecule has 0 spiro atoms. The van der Waals surface area contributed by atoms with Crippen LogP contribution in [0.3, 0.4) is 0 Å². The fourth-order valence-electron chi connectivity index (χ4n) is 1.21. The molecule has 0 saturated carbocycles. The Kier molecular flexibility index (Phi) is 7.29. The van der Waals surface area contributed by atoms with Crippen LogP contribution in [0, 0.1) is 6.92 Å². The highest BCUT2D eigenvalue weighted by molar-refractivity contribution is 7.17. The van der Waals surface area contributed by atoms with Crippen molar-refractivity contribution in [3.63, 3.8) is 0 Å². The maximum atomic E-state index is 11.2. The molecule has 1 aromatic rings. The number of halogens is 1. The molecule has 0 fully saturated rings. The van der Waals surface area contributed by atoms with Crippen molar-refractivity contribution in [3.05, 3.63) is 10.6 Å². The van der Waals surface area contributed by atoms with Crippen molar-refractivity contribution in [1.29, 1.82) is 0 Å². The fourth-order valence-corrected chi connectivity index (χ4v) is 2.10. The fraction of sp³-hybridized carbons (Fsp3) is 0.600. The van der Waals surface area contributed by atoms with Crippen molar-refractivity contribution in [2.75, 3.05) is 25.6 Å². The minimum Gasteiger partial charge on any atom is -0.385 e. The average Bonchev–Trinajstić information content (AvgIpc) is 2.55. The van der Waals surface area contributed by atoms with Crippen molar-refractivity contribution >= 4 is 34.7 Å². The summed E-state index contributed by atoms with van der Waals surface area (Å²) < 4.78 is 4.94. The van der Waals surface area contributed by atoms with Gasteiger partial charge in [0.15, 0.2) is 10.9 Å². The second-order valence-electron chi connectivity index (χ2n) is 3.26. The molecule has 0 aliphatic rings. The highest BCUT2D eigenvalue weighted by atomic mass is 35.5. The average molecular weight is 265 g/mol. The van der Waals surface area contributed by atoms with Gasteiger partial charge in [0, 0.05) is 27.2 Å². The second kappa shape index (κ2) is 7.60. The molecule has 0 saturated heterocycles. The van der Waals surface area contributed by atoms with Gasteiger partial charge in [-0.3, -0.25) is 4.79 Å². The summed E-state index contributed by atoms with van der Waals surface area (Å²) in [6.07, 6.45) is 0.935. The van der Waals surface area contributed by atoms with Crippen LogP contribution in [0.25, 0.3) is 0 Å². The molecule has 0 unspecified atom stereocenters. The molecule has 0 aromatic carbocycles. The van der Waals surface area contributed by atoms with E-state index in [0.29, 0.717) is 0 Å². The predicted molar refractivity (Wildman–Crippen MR) is 69.1 cm³/mol. The molecule has 4 nitrogen and oxygen atoms in total. The van der Waals surface area contributed by atoms with Crippen molar-refractivity contribution in [3.8, 4) is 0 Å². The molecular formula is C10H17ClN2O2S. The van der Waals surface area contributed by atoms with Gasteiger partial charge in [-0.15, -0.1) is 12.4 Å². The maximum Gasteiger partial charge on any atom is 0.183 e.